The zero-order valence-electron chi connectivity index (χ0n) is 14.3. The normalized spacial score (nSPS) is 13.8. The van der Waals surface area contributed by atoms with Gasteiger partial charge in [-0.2, -0.15) is 0 Å². The number of hydrogen-bond donors (Lipinski definition) is 1. The summed E-state index contributed by atoms with van der Waals surface area (Å²) in [6.45, 7) is 9.06. The van der Waals surface area contributed by atoms with Crippen LogP contribution in [0.3, 0.4) is 0 Å². The van der Waals surface area contributed by atoms with Crippen molar-refractivity contribution < 1.29 is 9.47 Å². The number of hydrogen-bond acceptors (Lipinski definition) is 7. The number of allylic oxidation sites excluding steroid dienone is 1. The molecule has 3 rings (SSSR count). The molecule has 130 valence electrons. The summed E-state index contributed by atoms with van der Waals surface area (Å²) in [5.41, 5.74) is 5.88. The van der Waals surface area contributed by atoms with Crippen LogP contribution in [0.2, 0.25) is 0 Å². The summed E-state index contributed by atoms with van der Waals surface area (Å²) in [6.07, 6.45) is 7.05. The van der Waals surface area contributed by atoms with Gasteiger partial charge < -0.3 is 9.47 Å². The van der Waals surface area contributed by atoms with E-state index >= 15 is 0 Å². The molecule has 0 spiro atoms. The number of nitrogens with zero attached hydrogens (tertiary/aromatic N) is 4. The van der Waals surface area contributed by atoms with Crippen LogP contribution < -0.4 is 15.2 Å². The zero-order chi connectivity index (χ0) is 17.6. The lowest BCUT2D eigenvalue weighted by Gasteiger charge is -2.20. The number of ether oxygens (including phenoxy) is 2. The first-order chi connectivity index (χ1) is 12.1. The molecule has 25 heavy (non-hydrogen) atoms. The highest BCUT2D eigenvalue weighted by Gasteiger charge is 2.22. The molecule has 0 saturated carbocycles. The van der Waals surface area contributed by atoms with Crippen molar-refractivity contribution >= 4 is 11.4 Å². The Balaban J connectivity index is 1.65. The average molecular weight is 339 g/mol. The predicted molar refractivity (Wildman–Crippen MR) is 95.6 cm³/mol. The standard InChI is InChI=1S/C18H21N5O2/c1-13(2)24-7-8-25-18-9-17(20-12-21-18)23-14(3)16(11-22-23)15-5-4-6-19-10-15/h4-6,9-13,22H,3,7-8H2,1-2H3. The molecule has 2 aromatic heterocycles. The van der Waals surface area contributed by atoms with Crippen LogP contribution in [0.4, 0.5) is 5.82 Å². The SMILES string of the molecule is C=C1C(c2cccnc2)=CNN1c1cc(OCCOC(C)C)ncn1. The van der Waals surface area contributed by atoms with E-state index in [9.17, 15) is 0 Å². The summed E-state index contributed by atoms with van der Waals surface area (Å²) in [5.74, 6) is 1.14. The fourth-order valence-corrected chi connectivity index (χ4v) is 2.35. The third-order valence-electron chi connectivity index (χ3n) is 3.53. The summed E-state index contributed by atoms with van der Waals surface area (Å²) in [6, 6.07) is 5.63. The number of hydrazine groups is 1. The van der Waals surface area contributed by atoms with E-state index in [2.05, 4.69) is 27.0 Å². The smallest absolute Gasteiger partial charge is 0.218 e. The molecule has 0 saturated heterocycles. The maximum absolute atomic E-state index is 5.62. The Morgan fingerprint density at radius 2 is 2.16 bits per heavy atom. The Hall–Kier alpha value is -2.93. The molecule has 1 N–H and O–H groups in total. The van der Waals surface area contributed by atoms with Crippen LogP contribution in [0.25, 0.3) is 5.57 Å². The van der Waals surface area contributed by atoms with Crippen molar-refractivity contribution in [1.82, 2.24) is 20.4 Å². The molecule has 1 aliphatic rings. The van der Waals surface area contributed by atoms with Gasteiger partial charge >= 0.3 is 0 Å². The van der Waals surface area contributed by atoms with Gasteiger partial charge in [0.15, 0.2) is 5.82 Å². The first-order valence-electron chi connectivity index (χ1n) is 8.07. The average Bonchev–Trinajstić information content (AvgIpc) is 3.01. The molecule has 7 heteroatoms. The second-order valence-corrected chi connectivity index (χ2v) is 5.69. The molecule has 0 amide bonds. The fourth-order valence-electron chi connectivity index (χ4n) is 2.35. The van der Waals surface area contributed by atoms with E-state index in [4.69, 9.17) is 9.47 Å². The van der Waals surface area contributed by atoms with Gasteiger partial charge in [-0.15, -0.1) is 0 Å². The van der Waals surface area contributed by atoms with E-state index in [0.29, 0.717) is 24.9 Å². The van der Waals surface area contributed by atoms with Crippen molar-refractivity contribution in [2.24, 2.45) is 0 Å². The van der Waals surface area contributed by atoms with E-state index in [0.717, 1.165) is 16.8 Å². The van der Waals surface area contributed by atoms with Gasteiger partial charge in [0, 0.05) is 35.8 Å². The van der Waals surface area contributed by atoms with Crippen LogP contribution in [0.5, 0.6) is 5.88 Å². The van der Waals surface area contributed by atoms with Crippen LogP contribution in [-0.4, -0.2) is 34.3 Å². The van der Waals surface area contributed by atoms with Crippen molar-refractivity contribution in [2.75, 3.05) is 18.2 Å². The van der Waals surface area contributed by atoms with Crippen LogP contribution >= 0.6 is 0 Å². The van der Waals surface area contributed by atoms with Crippen LogP contribution in [0, 0.1) is 0 Å². The van der Waals surface area contributed by atoms with Crippen molar-refractivity contribution in [3.8, 4) is 5.88 Å². The summed E-state index contributed by atoms with van der Waals surface area (Å²) in [5, 5.41) is 1.78. The minimum atomic E-state index is 0.179. The number of nitrogens with one attached hydrogen (secondary N) is 1. The topological polar surface area (TPSA) is 72.4 Å². The Morgan fingerprint density at radius 3 is 2.92 bits per heavy atom. The molecule has 3 heterocycles. The van der Waals surface area contributed by atoms with Gasteiger partial charge in [0.05, 0.1) is 18.4 Å². The zero-order valence-corrected chi connectivity index (χ0v) is 14.3. The van der Waals surface area contributed by atoms with Gasteiger partial charge in [0.2, 0.25) is 5.88 Å². The molecule has 0 fully saturated rings. The Morgan fingerprint density at radius 1 is 1.28 bits per heavy atom. The lowest BCUT2D eigenvalue weighted by atomic mass is 10.1. The number of rotatable bonds is 7. The highest BCUT2D eigenvalue weighted by Crippen LogP contribution is 2.30. The highest BCUT2D eigenvalue weighted by molar-refractivity contribution is 5.84. The van der Waals surface area contributed by atoms with Crippen LogP contribution in [-0.2, 0) is 4.74 Å². The Labute approximate surface area is 147 Å². The molecule has 2 aromatic rings. The van der Waals surface area contributed by atoms with Crippen molar-refractivity contribution in [3.05, 3.63) is 61.0 Å². The molecule has 0 aliphatic carbocycles. The van der Waals surface area contributed by atoms with Crippen LogP contribution in [0.1, 0.15) is 19.4 Å². The second-order valence-electron chi connectivity index (χ2n) is 5.69. The molecule has 0 atom stereocenters. The number of pyridine rings is 1. The van der Waals surface area contributed by atoms with Gasteiger partial charge in [-0.05, 0) is 19.9 Å². The number of anilines is 1. The molecule has 7 nitrogen and oxygen atoms in total. The third-order valence-corrected chi connectivity index (χ3v) is 3.53. The van der Waals surface area contributed by atoms with E-state index in [1.807, 2.05) is 32.2 Å². The van der Waals surface area contributed by atoms with Crippen molar-refractivity contribution in [2.45, 2.75) is 20.0 Å². The molecule has 0 bridgehead atoms. The molecule has 0 unspecified atom stereocenters. The van der Waals surface area contributed by atoms with Gasteiger partial charge in [-0.1, -0.05) is 12.6 Å². The molecule has 0 radical (unpaired) electrons. The van der Waals surface area contributed by atoms with Crippen molar-refractivity contribution in [1.29, 1.82) is 0 Å². The van der Waals surface area contributed by atoms with E-state index in [1.54, 1.807) is 23.5 Å². The lowest BCUT2D eigenvalue weighted by molar-refractivity contribution is 0.0542. The Bertz CT molecular complexity index is 761. The van der Waals surface area contributed by atoms with E-state index in [1.165, 1.54) is 6.33 Å². The highest BCUT2D eigenvalue weighted by atomic mass is 16.5. The molecular weight excluding hydrogens is 318 g/mol. The molecular formula is C18H21N5O2. The minimum Gasteiger partial charge on any atom is -0.475 e. The maximum atomic E-state index is 5.62. The van der Waals surface area contributed by atoms with Crippen LogP contribution in [0.15, 0.2) is 55.4 Å². The predicted octanol–water partition coefficient (Wildman–Crippen LogP) is 2.55. The number of aromatic nitrogens is 3. The third kappa shape index (κ3) is 4.13. The molecule has 0 aromatic carbocycles. The van der Waals surface area contributed by atoms with Gasteiger partial charge in [-0.25, -0.2) is 15.0 Å². The lowest BCUT2D eigenvalue weighted by Crippen LogP contribution is -2.29. The minimum absolute atomic E-state index is 0.179. The Kier molecular flexibility index (Phi) is 5.25. The maximum Gasteiger partial charge on any atom is 0.218 e. The van der Waals surface area contributed by atoms with E-state index in [-0.39, 0.29) is 6.10 Å². The summed E-state index contributed by atoms with van der Waals surface area (Å²) in [4.78, 5) is 12.6. The van der Waals surface area contributed by atoms with Gasteiger partial charge in [0.1, 0.15) is 12.9 Å². The van der Waals surface area contributed by atoms with Gasteiger partial charge in [-0.3, -0.25) is 10.4 Å². The monoisotopic (exact) mass is 339 g/mol. The summed E-state index contributed by atoms with van der Waals surface area (Å²) in [7, 11) is 0. The van der Waals surface area contributed by atoms with Crippen molar-refractivity contribution in [3.63, 3.8) is 0 Å². The first-order valence-corrected chi connectivity index (χ1v) is 8.07. The quantitative estimate of drug-likeness (QED) is 0.777. The second kappa shape index (κ2) is 7.76. The summed E-state index contributed by atoms with van der Waals surface area (Å²) >= 11 is 0. The first kappa shape index (κ1) is 16.9. The van der Waals surface area contributed by atoms with Gasteiger partial charge in [0.25, 0.3) is 0 Å². The molecule has 1 aliphatic heterocycles. The largest absolute Gasteiger partial charge is 0.475 e. The summed E-state index contributed by atoms with van der Waals surface area (Å²) < 4.78 is 11.1. The van der Waals surface area contributed by atoms with E-state index < -0.39 is 0 Å². The fraction of sp³-hybridized carbons (Fsp3) is 0.278.